The second-order valence-corrected chi connectivity index (χ2v) is 4.80. The van der Waals surface area contributed by atoms with Gasteiger partial charge in [0.1, 0.15) is 5.75 Å². The summed E-state index contributed by atoms with van der Waals surface area (Å²) in [6.07, 6.45) is 1.35. The van der Waals surface area contributed by atoms with E-state index in [9.17, 15) is 13.2 Å². The van der Waals surface area contributed by atoms with Gasteiger partial charge < -0.3 is 10.5 Å². The second kappa shape index (κ2) is 6.89. The van der Waals surface area contributed by atoms with E-state index >= 15 is 0 Å². The molecule has 18 heavy (non-hydrogen) atoms. The summed E-state index contributed by atoms with van der Waals surface area (Å²) in [6, 6.07) is 4.54. The molecule has 6 heteroatoms. The first-order valence-electron chi connectivity index (χ1n) is 5.67. The van der Waals surface area contributed by atoms with Crippen molar-refractivity contribution in [2.45, 2.75) is 30.2 Å². The molecule has 0 amide bonds. The normalized spacial score (nSPS) is 11.6. The molecule has 1 aromatic carbocycles. The predicted octanol–water partition coefficient (Wildman–Crippen LogP) is 3.59. The molecule has 0 spiro atoms. The smallest absolute Gasteiger partial charge is 0.446 e. The Balaban J connectivity index is 2.76. The predicted molar refractivity (Wildman–Crippen MR) is 66.9 cm³/mol. The van der Waals surface area contributed by atoms with Crippen LogP contribution in [0.15, 0.2) is 23.1 Å². The van der Waals surface area contributed by atoms with Crippen LogP contribution in [0.2, 0.25) is 0 Å². The van der Waals surface area contributed by atoms with Crippen molar-refractivity contribution < 1.29 is 17.9 Å². The summed E-state index contributed by atoms with van der Waals surface area (Å²) in [6.45, 7) is 2.89. The highest BCUT2D eigenvalue weighted by molar-refractivity contribution is 8.00. The lowest BCUT2D eigenvalue weighted by Gasteiger charge is -2.12. The largest absolute Gasteiger partial charge is 0.493 e. The van der Waals surface area contributed by atoms with Crippen LogP contribution in [0, 0.1) is 0 Å². The van der Waals surface area contributed by atoms with Crippen molar-refractivity contribution in [3.63, 3.8) is 0 Å². The van der Waals surface area contributed by atoms with Gasteiger partial charge in [-0.2, -0.15) is 13.2 Å². The molecule has 102 valence electrons. The quantitative estimate of drug-likeness (QED) is 0.638. The third kappa shape index (κ3) is 5.18. The lowest BCUT2D eigenvalue weighted by atomic mass is 10.1. The van der Waals surface area contributed by atoms with Crippen LogP contribution in [-0.4, -0.2) is 18.7 Å². The van der Waals surface area contributed by atoms with Gasteiger partial charge in [-0.25, -0.2) is 0 Å². The summed E-state index contributed by atoms with van der Waals surface area (Å²) < 4.78 is 42.2. The molecule has 2 nitrogen and oxygen atoms in total. The Kier molecular flexibility index (Phi) is 5.81. The summed E-state index contributed by atoms with van der Waals surface area (Å²) in [4.78, 5) is 0.186. The fraction of sp³-hybridized carbons (Fsp3) is 0.500. The zero-order valence-electron chi connectivity index (χ0n) is 10.1. The van der Waals surface area contributed by atoms with Crippen LogP contribution in [-0.2, 0) is 6.42 Å². The van der Waals surface area contributed by atoms with Crippen molar-refractivity contribution in [1.82, 2.24) is 0 Å². The Morgan fingerprint density at radius 2 is 2.06 bits per heavy atom. The monoisotopic (exact) mass is 279 g/mol. The molecule has 0 aliphatic rings. The van der Waals surface area contributed by atoms with Crippen LogP contribution in [0.25, 0.3) is 0 Å². The van der Waals surface area contributed by atoms with Gasteiger partial charge in [0.05, 0.1) is 6.61 Å². The van der Waals surface area contributed by atoms with Gasteiger partial charge in [0, 0.05) is 4.90 Å². The van der Waals surface area contributed by atoms with Gasteiger partial charge in [0.25, 0.3) is 0 Å². The summed E-state index contributed by atoms with van der Waals surface area (Å²) in [5, 5.41) is 0. The highest BCUT2D eigenvalue weighted by Gasteiger charge is 2.29. The molecule has 0 atom stereocenters. The fourth-order valence-corrected chi connectivity index (χ4v) is 2.04. The van der Waals surface area contributed by atoms with Gasteiger partial charge in [-0.15, -0.1) is 0 Å². The van der Waals surface area contributed by atoms with Crippen LogP contribution in [0.1, 0.15) is 18.9 Å². The molecule has 0 aliphatic carbocycles. The maximum atomic E-state index is 12.2. The Bertz CT molecular complexity index is 382. The lowest BCUT2D eigenvalue weighted by Crippen LogP contribution is -2.07. The summed E-state index contributed by atoms with van der Waals surface area (Å²) >= 11 is -0.108. The molecule has 0 saturated carbocycles. The number of hydrogen-bond donors (Lipinski definition) is 1. The maximum absolute atomic E-state index is 12.2. The summed E-state index contributed by atoms with van der Waals surface area (Å²) in [7, 11) is 0. The topological polar surface area (TPSA) is 35.2 Å². The number of nitrogens with two attached hydrogens (primary N) is 1. The number of benzene rings is 1. The third-order valence-corrected chi connectivity index (χ3v) is 2.97. The van der Waals surface area contributed by atoms with E-state index in [2.05, 4.69) is 0 Å². The molecule has 2 N–H and O–H groups in total. The first-order valence-corrected chi connectivity index (χ1v) is 6.49. The van der Waals surface area contributed by atoms with Crippen molar-refractivity contribution in [3.8, 4) is 5.75 Å². The molecule has 0 bridgehead atoms. The van der Waals surface area contributed by atoms with Crippen LogP contribution in [0.5, 0.6) is 5.75 Å². The van der Waals surface area contributed by atoms with Gasteiger partial charge in [0.15, 0.2) is 0 Å². The van der Waals surface area contributed by atoms with E-state index in [1.165, 1.54) is 12.1 Å². The highest BCUT2D eigenvalue weighted by atomic mass is 32.2. The molecular weight excluding hydrogens is 263 g/mol. The number of hydrogen-bond acceptors (Lipinski definition) is 3. The van der Waals surface area contributed by atoms with Crippen LogP contribution in [0.3, 0.4) is 0 Å². The second-order valence-electron chi connectivity index (χ2n) is 3.66. The average molecular weight is 279 g/mol. The molecule has 0 aliphatic heterocycles. The number of rotatable bonds is 6. The highest BCUT2D eigenvalue weighted by Crippen LogP contribution is 2.38. The standard InChI is InChI=1S/C12H16F3NOS/c1-2-9-8-10(18-12(13,14)15)4-5-11(9)17-7-3-6-16/h4-5,8H,2-3,6-7,16H2,1H3. The summed E-state index contributed by atoms with van der Waals surface area (Å²) in [5.41, 5.74) is 1.87. The van der Waals surface area contributed by atoms with Crippen molar-refractivity contribution >= 4 is 11.8 Å². The van der Waals surface area contributed by atoms with E-state index in [0.717, 1.165) is 12.0 Å². The van der Waals surface area contributed by atoms with E-state index < -0.39 is 5.51 Å². The molecule has 0 fully saturated rings. The Hall–Kier alpha value is -0.880. The molecular formula is C12H16F3NOS. The van der Waals surface area contributed by atoms with Crippen molar-refractivity contribution in [3.05, 3.63) is 23.8 Å². The first-order chi connectivity index (χ1) is 8.46. The zero-order valence-corrected chi connectivity index (χ0v) is 10.9. The molecule has 0 aromatic heterocycles. The molecule has 0 saturated heterocycles. The number of ether oxygens (including phenoxy) is 1. The van der Waals surface area contributed by atoms with E-state index in [0.29, 0.717) is 25.3 Å². The molecule has 1 rings (SSSR count). The Labute approximate surface area is 109 Å². The van der Waals surface area contributed by atoms with E-state index in [-0.39, 0.29) is 16.7 Å². The van der Waals surface area contributed by atoms with Gasteiger partial charge in [-0.3, -0.25) is 0 Å². The number of aryl methyl sites for hydroxylation is 1. The average Bonchev–Trinajstić information content (AvgIpc) is 2.29. The lowest BCUT2D eigenvalue weighted by molar-refractivity contribution is -0.0328. The van der Waals surface area contributed by atoms with E-state index in [4.69, 9.17) is 10.5 Å². The Morgan fingerprint density at radius 1 is 1.33 bits per heavy atom. The van der Waals surface area contributed by atoms with Gasteiger partial charge in [0.2, 0.25) is 0 Å². The van der Waals surface area contributed by atoms with Crippen LogP contribution < -0.4 is 10.5 Å². The van der Waals surface area contributed by atoms with E-state index in [1.807, 2.05) is 6.92 Å². The molecule has 0 radical (unpaired) electrons. The molecule has 0 unspecified atom stereocenters. The third-order valence-electron chi connectivity index (χ3n) is 2.25. The fourth-order valence-electron chi connectivity index (χ4n) is 1.44. The Morgan fingerprint density at radius 3 is 2.61 bits per heavy atom. The van der Waals surface area contributed by atoms with Crippen molar-refractivity contribution in [2.75, 3.05) is 13.2 Å². The molecule has 0 heterocycles. The minimum absolute atomic E-state index is 0.108. The van der Waals surface area contributed by atoms with Gasteiger partial charge in [-0.05, 0) is 54.9 Å². The molecule has 1 aromatic rings. The minimum Gasteiger partial charge on any atom is -0.493 e. The number of halogens is 3. The van der Waals surface area contributed by atoms with E-state index in [1.54, 1.807) is 6.07 Å². The van der Waals surface area contributed by atoms with Crippen molar-refractivity contribution in [2.24, 2.45) is 5.73 Å². The van der Waals surface area contributed by atoms with Gasteiger partial charge >= 0.3 is 5.51 Å². The summed E-state index contributed by atoms with van der Waals surface area (Å²) in [5.74, 6) is 0.637. The van der Waals surface area contributed by atoms with Crippen LogP contribution >= 0.6 is 11.8 Å². The zero-order chi connectivity index (χ0) is 13.6. The number of thioether (sulfide) groups is 1. The SMILES string of the molecule is CCc1cc(SC(F)(F)F)ccc1OCCCN. The number of alkyl halides is 3. The van der Waals surface area contributed by atoms with Crippen molar-refractivity contribution in [1.29, 1.82) is 0 Å². The maximum Gasteiger partial charge on any atom is 0.446 e. The first kappa shape index (κ1) is 15.2. The van der Waals surface area contributed by atoms with Crippen LogP contribution in [0.4, 0.5) is 13.2 Å². The van der Waals surface area contributed by atoms with Gasteiger partial charge in [-0.1, -0.05) is 6.92 Å². The minimum atomic E-state index is -4.26.